The van der Waals surface area contributed by atoms with Crippen molar-refractivity contribution in [1.82, 2.24) is 15.4 Å². The number of benzene rings is 2. The highest BCUT2D eigenvalue weighted by molar-refractivity contribution is 6.03. The van der Waals surface area contributed by atoms with Crippen molar-refractivity contribution in [3.05, 3.63) is 78.5 Å². The van der Waals surface area contributed by atoms with E-state index in [2.05, 4.69) is 20.7 Å². The molecule has 1 amide bonds. The van der Waals surface area contributed by atoms with Crippen LogP contribution in [-0.4, -0.2) is 21.3 Å². The van der Waals surface area contributed by atoms with Gasteiger partial charge in [0.05, 0.1) is 5.69 Å². The van der Waals surface area contributed by atoms with Gasteiger partial charge >= 0.3 is 0 Å². The van der Waals surface area contributed by atoms with Crippen molar-refractivity contribution in [2.75, 3.05) is 5.32 Å². The second kappa shape index (κ2) is 6.45. The molecule has 0 fully saturated rings. The number of amides is 1. The zero-order chi connectivity index (χ0) is 17.1. The van der Waals surface area contributed by atoms with Gasteiger partial charge in [0.1, 0.15) is 0 Å². The Hall–Kier alpha value is -3.67. The van der Waals surface area contributed by atoms with Crippen LogP contribution in [0.25, 0.3) is 22.6 Å². The lowest BCUT2D eigenvalue weighted by Gasteiger charge is -1.96. The van der Waals surface area contributed by atoms with Crippen molar-refractivity contribution < 1.29 is 9.32 Å². The van der Waals surface area contributed by atoms with Crippen LogP contribution < -0.4 is 5.32 Å². The first-order valence-corrected chi connectivity index (χ1v) is 7.74. The molecule has 0 bridgehead atoms. The number of carbonyl (C=O) groups is 1. The van der Waals surface area contributed by atoms with E-state index in [1.165, 1.54) is 0 Å². The molecule has 0 aliphatic rings. The average Bonchev–Trinajstić information content (AvgIpc) is 3.33. The van der Waals surface area contributed by atoms with E-state index in [4.69, 9.17) is 4.52 Å². The summed E-state index contributed by atoms with van der Waals surface area (Å²) in [6.07, 6.45) is 0. The summed E-state index contributed by atoms with van der Waals surface area (Å²) in [6.45, 7) is 0. The van der Waals surface area contributed by atoms with E-state index in [1.807, 2.05) is 60.7 Å². The lowest BCUT2D eigenvalue weighted by atomic mass is 10.1. The summed E-state index contributed by atoms with van der Waals surface area (Å²) in [6, 6.07) is 22.6. The predicted octanol–water partition coefficient (Wildman–Crippen LogP) is 3.98. The van der Waals surface area contributed by atoms with Crippen LogP contribution >= 0.6 is 0 Å². The fourth-order valence-corrected chi connectivity index (χ4v) is 2.45. The minimum Gasteiger partial charge on any atom is -0.355 e. The summed E-state index contributed by atoms with van der Waals surface area (Å²) >= 11 is 0. The third kappa shape index (κ3) is 3.18. The van der Waals surface area contributed by atoms with Crippen molar-refractivity contribution >= 4 is 11.7 Å². The fourth-order valence-electron chi connectivity index (χ4n) is 2.45. The second-order valence-corrected chi connectivity index (χ2v) is 5.43. The third-order valence-corrected chi connectivity index (χ3v) is 3.71. The molecule has 6 heteroatoms. The minimum atomic E-state index is -0.378. The molecule has 0 radical (unpaired) electrons. The largest absolute Gasteiger partial charge is 0.355 e. The quantitative estimate of drug-likeness (QED) is 0.593. The SMILES string of the molecule is O=C(Nc1cc(-c2ccccc2)[nH]n1)c1cc(-c2ccccc2)on1. The van der Waals surface area contributed by atoms with Crippen molar-refractivity contribution in [3.8, 4) is 22.6 Å². The molecule has 2 heterocycles. The second-order valence-electron chi connectivity index (χ2n) is 5.43. The Balaban J connectivity index is 1.50. The van der Waals surface area contributed by atoms with Crippen LogP contribution in [0.4, 0.5) is 5.82 Å². The Kier molecular flexibility index (Phi) is 3.84. The first-order chi connectivity index (χ1) is 12.3. The molecule has 4 rings (SSSR count). The van der Waals surface area contributed by atoms with Gasteiger partial charge in [-0.3, -0.25) is 9.89 Å². The Morgan fingerprint density at radius 1 is 0.920 bits per heavy atom. The van der Waals surface area contributed by atoms with Crippen molar-refractivity contribution in [2.45, 2.75) is 0 Å². The molecule has 0 spiro atoms. The lowest BCUT2D eigenvalue weighted by molar-refractivity contribution is 0.101. The Bertz CT molecular complexity index is 990. The first-order valence-electron chi connectivity index (χ1n) is 7.74. The number of carbonyl (C=O) groups excluding carboxylic acids is 1. The molecular formula is C19H14N4O2. The zero-order valence-corrected chi connectivity index (χ0v) is 13.1. The maximum Gasteiger partial charge on any atom is 0.279 e. The predicted molar refractivity (Wildman–Crippen MR) is 93.9 cm³/mol. The van der Waals surface area contributed by atoms with E-state index in [0.717, 1.165) is 16.8 Å². The van der Waals surface area contributed by atoms with Gasteiger partial charge in [-0.1, -0.05) is 65.8 Å². The average molecular weight is 330 g/mol. The molecule has 6 nitrogen and oxygen atoms in total. The van der Waals surface area contributed by atoms with E-state index in [1.54, 1.807) is 12.1 Å². The molecule has 0 saturated heterocycles. The number of H-pyrrole nitrogens is 1. The highest BCUT2D eigenvalue weighted by Gasteiger charge is 2.15. The number of nitrogens with zero attached hydrogens (tertiary/aromatic N) is 2. The molecule has 0 aliphatic heterocycles. The van der Waals surface area contributed by atoms with Crippen LogP contribution in [0, 0.1) is 0 Å². The summed E-state index contributed by atoms with van der Waals surface area (Å²) < 4.78 is 5.25. The van der Waals surface area contributed by atoms with Gasteiger partial charge in [0, 0.05) is 17.7 Å². The van der Waals surface area contributed by atoms with Gasteiger partial charge in [-0.05, 0) is 5.56 Å². The van der Waals surface area contributed by atoms with Gasteiger partial charge in [0.2, 0.25) is 0 Å². The first kappa shape index (κ1) is 14.9. The molecule has 4 aromatic rings. The van der Waals surface area contributed by atoms with Crippen LogP contribution in [0.3, 0.4) is 0 Å². The summed E-state index contributed by atoms with van der Waals surface area (Å²) in [7, 11) is 0. The molecule has 0 atom stereocenters. The summed E-state index contributed by atoms with van der Waals surface area (Å²) in [5.74, 6) is 0.586. The number of anilines is 1. The number of aromatic amines is 1. The Labute approximate surface area is 143 Å². The Morgan fingerprint density at radius 2 is 1.60 bits per heavy atom. The summed E-state index contributed by atoms with van der Waals surface area (Å²) in [5, 5.41) is 13.5. The van der Waals surface area contributed by atoms with Crippen molar-refractivity contribution in [1.29, 1.82) is 0 Å². The smallest absolute Gasteiger partial charge is 0.279 e. The monoisotopic (exact) mass is 330 g/mol. The van der Waals surface area contributed by atoms with Gasteiger partial charge < -0.3 is 9.84 Å². The van der Waals surface area contributed by atoms with Crippen molar-refractivity contribution in [3.63, 3.8) is 0 Å². The minimum absolute atomic E-state index is 0.197. The van der Waals surface area contributed by atoms with E-state index < -0.39 is 0 Å². The van der Waals surface area contributed by atoms with Gasteiger partial charge in [0.25, 0.3) is 5.91 Å². The molecule has 0 aliphatic carbocycles. The van der Waals surface area contributed by atoms with E-state index in [-0.39, 0.29) is 11.6 Å². The molecule has 0 saturated carbocycles. The molecule has 25 heavy (non-hydrogen) atoms. The van der Waals surface area contributed by atoms with E-state index >= 15 is 0 Å². The molecule has 0 unspecified atom stereocenters. The van der Waals surface area contributed by atoms with Crippen molar-refractivity contribution in [2.24, 2.45) is 0 Å². The third-order valence-electron chi connectivity index (χ3n) is 3.71. The molecule has 122 valence electrons. The highest BCUT2D eigenvalue weighted by Crippen LogP contribution is 2.21. The topological polar surface area (TPSA) is 83.8 Å². The molecule has 2 aromatic carbocycles. The zero-order valence-electron chi connectivity index (χ0n) is 13.1. The van der Waals surface area contributed by atoms with E-state index in [0.29, 0.717) is 11.6 Å². The van der Waals surface area contributed by atoms with Crippen LogP contribution in [0.15, 0.2) is 77.3 Å². The lowest BCUT2D eigenvalue weighted by Crippen LogP contribution is -2.12. The normalized spacial score (nSPS) is 10.6. The van der Waals surface area contributed by atoms with Crippen LogP contribution in [0.2, 0.25) is 0 Å². The highest BCUT2D eigenvalue weighted by atomic mass is 16.5. The number of nitrogens with one attached hydrogen (secondary N) is 2. The summed E-state index contributed by atoms with van der Waals surface area (Å²) in [4.78, 5) is 12.3. The van der Waals surface area contributed by atoms with Crippen LogP contribution in [0.1, 0.15) is 10.5 Å². The summed E-state index contributed by atoms with van der Waals surface area (Å²) in [5.41, 5.74) is 2.87. The molecular weight excluding hydrogens is 316 g/mol. The van der Waals surface area contributed by atoms with Gasteiger partial charge in [-0.2, -0.15) is 5.10 Å². The van der Waals surface area contributed by atoms with Gasteiger partial charge in [0.15, 0.2) is 17.3 Å². The fraction of sp³-hybridized carbons (Fsp3) is 0. The van der Waals surface area contributed by atoms with Crippen LogP contribution in [0.5, 0.6) is 0 Å². The van der Waals surface area contributed by atoms with E-state index in [9.17, 15) is 4.79 Å². The molecule has 2 N–H and O–H groups in total. The number of rotatable bonds is 4. The number of hydrogen-bond acceptors (Lipinski definition) is 4. The Morgan fingerprint density at radius 3 is 2.32 bits per heavy atom. The van der Waals surface area contributed by atoms with Gasteiger partial charge in [-0.25, -0.2) is 0 Å². The maximum atomic E-state index is 12.3. The van der Waals surface area contributed by atoms with Crippen LogP contribution in [-0.2, 0) is 0 Å². The number of aromatic nitrogens is 3. The number of hydrogen-bond donors (Lipinski definition) is 2. The molecule has 2 aromatic heterocycles. The standard InChI is InChI=1S/C19H14N4O2/c24-19(16-11-17(25-23-16)14-9-5-2-6-10-14)20-18-12-15(21-22-18)13-7-3-1-4-8-13/h1-12H,(H2,20,21,22,24). The maximum absolute atomic E-state index is 12.3. The van der Waals surface area contributed by atoms with Gasteiger partial charge in [-0.15, -0.1) is 0 Å².